The van der Waals surface area contributed by atoms with Gasteiger partial charge >= 0.3 is 0 Å². The minimum absolute atomic E-state index is 0.629. The van der Waals surface area contributed by atoms with Crippen LogP contribution in [0.25, 0.3) is 5.76 Å². The van der Waals surface area contributed by atoms with E-state index >= 15 is 0 Å². The van der Waals surface area contributed by atoms with E-state index in [1.54, 1.807) is 18.4 Å². The van der Waals surface area contributed by atoms with E-state index in [0.29, 0.717) is 5.76 Å². The third-order valence-electron chi connectivity index (χ3n) is 1.15. The summed E-state index contributed by atoms with van der Waals surface area (Å²) < 4.78 is 4.90. The van der Waals surface area contributed by atoms with E-state index in [1.807, 2.05) is 12.3 Å². The molecule has 1 rings (SSSR count). The molecule has 1 aromatic heterocycles. The molecule has 0 saturated carbocycles. The normalized spacial score (nSPS) is 9.40. The number of thiazole rings is 1. The molecule has 0 aliphatic carbocycles. The van der Waals surface area contributed by atoms with Crippen molar-refractivity contribution in [3.63, 3.8) is 0 Å². The number of hydrogen-bond donors (Lipinski definition) is 0. The fourth-order valence-corrected chi connectivity index (χ4v) is 1.21. The van der Waals surface area contributed by atoms with Crippen LogP contribution in [-0.2, 0) is 4.74 Å². The molecular weight excluding hydrogens is 146 g/mol. The second kappa shape index (κ2) is 2.84. The van der Waals surface area contributed by atoms with E-state index in [2.05, 4.69) is 11.6 Å². The summed E-state index contributed by atoms with van der Waals surface area (Å²) in [7, 11) is 1.59. The van der Waals surface area contributed by atoms with Gasteiger partial charge in [0, 0.05) is 5.38 Å². The number of ether oxygens (including phenoxy) is 1. The Hall–Kier alpha value is -0.830. The van der Waals surface area contributed by atoms with Crippen molar-refractivity contribution in [3.8, 4) is 0 Å². The van der Waals surface area contributed by atoms with Crippen LogP contribution >= 0.6 is 11.3 Å². The van der Waals surface area contributed by atoms with Gasteiger partial charge in [0.15, 0.2) is 0 Å². The largest absolute Gasteiger partial charge is 0.495 e. The van der Waals surface area contributed by atoms with Crippen molar-refractivity contribution in [2.24, 2.45) is 0 Å². The van der Waals surface area contributed by atoms with E-state index in [9.17, 15) is 0 Å². The number of methoxy groups -OCH3 is 1. The highest BCUT2D eigenvalue weighted by Gasteiger charge is 2.00. The highest BCUT2D eigenvalue weighted by atomic mass is 32.1. The van der Waals surface area contributed by atoms with Crippen LogP contribution in [-0.4, -0.2) is 12.1 Å². The van der Waals surface area contributed by atoms with Gasteiger partial charge in [0.1, 0.15) is 11.5 Å². The Labute approximate surface area is 64.2 Å². The van der Waals surface area contributed by atoms with Gasteiger partial charge in [-0.25, -0.2) is 4.98 Å². The van der Waals surface area contributed by atoms with Gasteiger partial charge in [-0.1, -0.05) is 6.58 Å². The van der Waals surface area contributed by atoms with Gasteiger partial charge in [-0.15, -0.1) is 11.3 Å². The van der Waals surface area contributed by atoms with Crippen molar-refractivity contribution in [3.05, 3.63) is 22.7 Å². The number of nitrogens with zero attached hydrogens (tertiary/aromatic N) is 1. The van der Waals surface area contributed by atoms with Crippen LogP contribution in [0.15, 0.2) is 12.0 Å². The molecule has 0 atom stereocenters. The van der Waals surface area contributed by atoms with E-state index in [4.69, 9.17) is 4.74 Å². The third-order valence-corrected chi connectivity index (χ3v) is 1.92. The zero-order valence-electron chi connectivity index (χ0n) is 6.05. The van der Waals surface area contributed by atoms with E-state index in [1.165, 1.54) is 0 Å². The first-order valence-electron chi connectivity index (χ1n) is 2.89. The second-order valence-electron chi connectivity index (χ2n) is 1.88. The standard InChI is InChI=1S/C7H9NOS/c1-5(9-3)7-4-10-6(2)8-7/h4H,1H2,2-3H3. The fourth-order valence-electron chi connectivity index (χ4n) is 0.596. The molecule has 2 nitrogen and oxygen atoms in total. The van der Waals surface area contributed by atoms with Crippen LogP contribution in [0.4, 0.5) is 0 Å². The van der Waals surface area contributed by atoms with Crippen LogP contribution in [0.3, 0.4) is 0 Å². The average molecular weight is 155 g/mol. The van der Waals surface area contributed by atoms with Crippen molar-refractivity contribution in [2.45, 2.75) is 6.92 Å². The molecule has 10 heavy (non-hydrogen) atoms. The third kappa shape index (κ3) is 1.36. The average Bonchev–Trinajstić information content (AvgIpc) is 2.34. The summed E-state index contributed by atoms with van der Waals surface area (Å²) in [5.41, 5.74) is 0.838. The first kappa shape index (κ1) is 7.28. The van der Waals surface area contributed by atoms with Crippen LogP contribution in [0.1, 0.15) is 10.7 Å². The Morgan fingerprint density at radius 3 is 2.90 bits per heavy atom. The molecule has 0 fully saturated rings. The maximum atomic E-state index is 4.90. The van der Waals surface area contributed by atoms with Gasteiger partial charge in [0.05, 0.1) is 12.1 Å². The molecular formula is C7H9NOS. The van der Waals surface area contributed by atoms with Crippen LogP contribution < -0.4 is 0 Å². The van der Waals surface area contributed by atoms with Crippen molar-refractivity contribution < 1.29 is 4.74 Å². The van der Waals surface area contributed by atoms with Crippen LogP contribution in [0.5, 0.6) is 0 Å². The lowest BCUT2D eigenvalue weighted by atomic mass is 10.4. The number of hydrogen-bond acceptors (Lipinski definition) is 3. The first-order valence-corrected chi connectivity index (χ1v) is 3.77. The Balaban J connectivity index is 2.85. The lowest BCUT2D eigenvalue weighted by molar-refractivity contribution is 0.370. The quantitative estimate of drug-likeness (QED) is 0.610. The van der Waals surface area contributed by atoms with E-state index in [0.717, 1.165) is 10.7 Å². The van der Waals surface area contributed by atoms with Crippen molar-refractivity contribution in [1.29, 1.82) is 0 Å². The van der Waals surface area contributed by atoms with Crippen molar-refractivity contribution in [1.82, 2.24) is 4.98 Å². The molecule has 0 radical (unpaired) electrons. The molecule has 0 aliphatic heterocycles. The van der Waals surface area contributed by atoms with Gasteiger partial charge < -0.3 is 4.74 Å². The summed E-state index contributed by atoms with van der Waals surface area (Å²) in [4.78, 5) is 4.18. The van der Waals surface area contributed by atoms with E-state index < -0.39 is 0 Å². The monoisotopic (exact) mass is 155 g/mol. The SMILES string of the molecule is C=C(OC)c1csc(C)n1. The minimum Gasteiger partial charge on any atom is -0.495 e. The zero-order valence-corrected chi connectivity index (χ0v) is 6.86. The minimum atomic E-state index is 0.629. The lowest BCUT2D eigenvalue weighted by Crippen LogP contribution is -1.84. The van der Waals surface area contributed by atoms with Crippen LogP contribution in [0.2, 0.25) is 0 Å². The highest BCUT2D eigenvalue weighted by molar-refractivity contribution is 7.09. The maximum absolute atomic E-state index is 4.90. The molecule has 3 heteroatoms. The first-order chi connectivity index (χ1) is 4.74. The smallest absolute Gasteiger partial charge is 0.138 e. The summed E-state index contributed by atoms with van der Waals surface area (Å²) in [5.74, 6) is 0.629. The molecule has 0 saturated heterocycles. The Morgan fingerprint density at radius 2 is 2.50 bits per heavy atom. The lowest BCUT2D eigenvalue weighted by Gasteiger charge is -1.96. The molecule has 0 amide bonds. The second-order valence-corrected chi connectivity index (χ2v) is 2.94. The van der Waals surface area contributed by atoms with E-state index in [-0.39, 0.29) is 0 Å². The number of aromatic nitrogens is 1. The van der Waals surface area contributed by atoms with Gasteiger partial charge in [0.25, 0.3) is 0 Å². The zero-order chi connectivity index (χ0) is 7.56. The Bertz CT molecular complexity index is 242. The summed E-state index contributed by atoms with van der Waals surface area (Å²) in [6.45, 7) is 5.63. The van der Waals surface area contributed by atoms with Crippen LogP contribution in [0, 0.1) is 6.92 Å². The van der Waals surface area contributed by atoms with Crippen molar-refractivity contribution in [2.75, 3.05) is 7.11 Å². The van der Waals surface area contributed by atoms with Crippen molar-refractivity contribution >= 4 is 17.1 Å². The summed E-state index contributed by atoms with van der Waals surface area (Å²) >= 11 is 1.60. The molecule has 54 valence electrons. The number of rotatable bonds is 2. The molecule has 0 spiro atoms. The fraction of sp³-hybridized carbons (Fsp3) is 0.286. The predicted molar refractivity (Wildman–Crippen MR) is 42.9 cm³/mol. The predicted octanol–water partition coefficient (Wildman–Crippen LogP) is 2.07. The molecule has 0 aromatic carbocycles. The Kier molecular flexibility index (Phi) is 2.06. The molecule has 0 N–H and O–H groups in total. The topological polar surface area (TPSA) is 22.1 Å². The van der Waals surface area contributed by atoms with Gasteiger partial charge in [-0.2, -0.15) is 0 Å². The summed E-state index contributed by atoms with van der Waals surface area (Å²) in [6, 6.07) is 0. The molecule has 0 aliphatic rings. The Morgan fingerprint density at radius 1 is 1.80 bits per heavy atom. The number of aryl methyl sites for hydroxylation is 1. The molecule has 1 aromatic rings. The highest BCUT2D eigenvalue weighted by Crippen LogP contribution is 2.15. The maximum Gasteiger partial charge on any atom is 0.138 e. The molecule has 0 bridgehead atoms. The van der Waals surface area contributed by atoms with Gasteiger partial charge in [-0.05, 0) is 6.92 Å². The van der Waals surface area contributed by atoms with Gasteiger partial charge in [-0.3, -0.25) is 0 Å². The summed E-state index contributed by atoms with van der Waals surface area (Å²) in [6.07, 6.45) is 0. The summed E-state index contributed by atoms with van der Waals surface area (Å²) in [5, 5.41) is 2.97. The molecule has 1 heterocycles. The van der Waals surface area contributed by atoms with Gasteiger partial charge in [0.2, 0.25) is 0 Å². The molecule has 0 unspecified atom stereocenters.